The fourth-order valence-corrected chi connectivity index (χ4v) is 15.2. The van der Waals surface area contributed by atoms with Gasteiger partial charge in [0.1, 0.15) is 54.4 Å². The lowest BCUT2D eigenvalue weighted by atomic mass is 9.41. The van der Waals surface area contributed by atoms with Gasteiger partial charge in [0.2, 0.25) is 0 Å². The van der Waals surface area contributed by atoms with Gasteiger partial charge >= 0.3 is 0 Å². The zero-order valence-corrected chi connectivity index (χ0v) is 35.6. The Labute approximate surface area is 346 Å². The summed E-state index contributed by atoms with van der Waals surface area (Å²) in [6.45, 7) is 10.9. The molecule has 8 fully saturated rings. The highest BCUT2D eigenvalue weighted by Crippen LogP contribution is 2.90. The van der Waals surface area contributed by atoms with Crippen molar-refractivity contribution in [2.45, 2.75) is 184 Å². The number of Topliss-reactive ketones (excluding diaryl/α,β-unsaturated/α-hetero) is 1. The normalized spacial score (nSPS) is 55.9. The Kier molecular flexibility index (Phi) is 11.2. The number of fused-ring (bicyclic) bond motifs is 4. The van der Waals surface area contributed by atoms with E-state index < -0.39 is 105 Å². The van der Waals surface area contributed by atoms with E-state index in [2.05, 4.69) is 34.6 Å². The molecule has 16 heteroatoms. The lowest BCUT2D eigenvalue weighted by Gasteiger charge is -2.63. The van der Waals surface area contributed by atoms with Crippen molar-refractivity contribution in [2.75, 3.05) is 26.9 Å². The van der Waals surface area contributed by atoms with E-state index in [1.54, 1.807) is 7.11 Å². The number of aliphatic hydroxyl groups is 9. The fraction of sp³-hybridized carbons (Fsp3) is 0.977. The van der Waals surface area contributed by atoms with Crippen LogP contribution in [0.5, 0.6) is 0 Å². The molecule has 8 rings (SSSR count). The summed E-state index contributed by atoms with van der Waals surface area (Å²) in [6, 6.07) is 0. The molecule has 0 amide bonds. The van der Waals surface area contributed by atoms with Crippen LogP contribution in [0, 0.1) is 50.7 Å². The topological polar surface area (TPSA) is 255 Å². The van der Waals surface area contributed by atoms with Crippen molar-refractivity contribution in [3.05, 3.63) is 0 Å². The first-order chi connectivity index (χ1) is 27.6. The van der Waals surface area contributed by atoms with Gasteiger partial charge in [-0.15, -0.1) is 0 Å². The van der Waals surface area contributed by atoms with Gasteiger partial charge in [-0.1, -0.05) is 34.6 Å². The van der Waals surface area contributed by atoms with Crippen LogP contribution in [-0.4, -0.2) is 164 Å². The van der Waals surface area contributed by atoms with Crippen molar-refractivity contribution in [3.63, 3.8) is 0 Å². The molecule has 5 saturated carbocycles. The molecule has 0 aromatic carbocycles. The second-order valence-corrected chi connectivity index (χ2v) is 21.2. The second kappa shape index (κ2) is 14.8. The van der Waals surface area contributed by atoms with E-state index in [4.69, 9.17) is 28.4 Å². The molecule has 9 N–H and O–H groups in total. The first-order valence-corrected chi connectivity index (χ1v) is 21.9. The van der Waals surface area contributed by atoms with Crippen LogP contribution in [0.25, 0.3) is 0 Å². The molecule has 338 valence electrons. The molecule has 16 nitrogen and oxygen atoms in total. The zero-order chi connectivity index (χ0) is 43.0. The largest absolute Gasteiger partial charge is 0.394 e. The predicted octanol–water partition coefficient (Wildman–Crippen LogP) is 0.125. The van der Waals surface area contributed by atoms with Gasteiger partial charge in [-0.2, -0.15) is 0 Å². The number of aliphatic hydroxyl groups excluding tert-OH is 8. The summed E-state index contributed by atoms with van der Waals surface area (Å²) in [6.07, 6.45) is -8.48. The third-order valence-electron chi connectivity index (χ3n) is 18.5. The lowest BCUT2D eigenvalue weighted by Crippen LogP contribution is -2.65. The summed E-state index contributed by atoms with van der Waals surface area (Å²) in [5, 5.41) is 93.7. The maximum atomic E-state index is 13.1. The van der Waals surface area contributed by atoms with Gasteiger partial charge in [0.05, 0.1) is 32.0 Å². The Morgan fingerprint density at radius 2 is 1.34 bits per heavy atom. The van der Waals surface area contributed by atoms with Crippen LogP contribution < -0.4 is 0 Å². The average Bonchev–Trinajstić information content (AvgIpc) is 3.71. The Morgan fingerprint density at radius 3 is 1.97 bits per heavy atom. The van der Waals surface area contributed by atoms with Crippen LogP contribution >= 0.6 is 0 Å². The highest BCUT2D eigenvalue weighted by Gasteiger charge is 2.85. The van der Waals surface area contributed by atoms with Gasteiger partial charge in [-0.3, -0.25) is 4.79 Å². The van der Waals surface area contributed by atoms with Crippen molar-refractivity contribution < 1.29 is 79.2 Å². The molecule has 3 aliphatic heterocycles. The van der Waals surface area contributed by atoms with E-state index in [0.717, 1.165) is 38.5 Å². The summed E-state index contributed by atoms with van der Waals surface area (Å²) in [5.74, 6) is -0.566. The number of methoxy groups -OCH3 is 1. The van der Waals surface area contributed by atoms with Crippen LogP contribution in [0.3, 0.4) is 0 Å². The zero-order valence-electron chi connectivity index (χ0n) is 35.6. The Balaban J connectivity index is 1.01. The maximum Gasteiger partial charge on any atom is 0.187 e. The summed E-state index contributed by atoms with van der Waals surface area (Å²) in [7, 11) is 1.71. The third-order valence-corrected chi connectivity index (χ3v) is 18.5. The Hall–Kier alpha value is -0.930. The smallest absolute Gasteiger partial charge is 0.187 e. The Morgan fingerprint density at radius 1 is 0.729 bits per heavy atom. The summed E-state index contributed by atoms with van der Waals surface area (Å²) in [5.41, 5.74) is -2.25. The van der Waals surface area contributed by atoms with Gasteiger partial charge in [0.25, 0.3) is 0 Å². The third kappa shape index (κ3) is 6.13. The molecule has 3 heterocycles. The number of hydrogen-bond donors (Lipinski definition) is 9. The fourth-order valence-electron chi connectivity index (χ4n) is 15.2. The quantitative estimate of drug-likeness (QED) is 0.125. The van der Waals surface area contributed by atoms with Crippen LogP contribution in [0.4, 0.5) is 0 Å². The monoisotopic (exact) mass is 842 g/mol. The summed E-state index contributed by atoms with van der Waals surface area (Å²) >= 11 is 0. The molecule has 5 aliphatic carbocycles. The molecule has 59 heavy (non-hydrogen) atoms. The summed E-state index contributed by atoms with van der Waals surface area (Å²) < 4.78 is 37.7. The molecule has 22 atom stereocenters. The number of rotatable bonds is 11. The molecule has 3 saturated heterocycles. The molecule has 1 unspecified atom stereocenters. The minimum absolute atomic E-state index is 0.00628. The number of carbonyl (C=O) groups excluding carboxylic acids is 1. The van der Waals surface area contributed by atoms with Crippen molar-refractivity contribution in [2.24, 2.45) is 50.7 Å². The van der Waals surface area contributed by atoms with E-state index in [1.807, 2.05) is 0 Å². The van der Waals surface area contributed by atoms with E-state index >= 15 is 0 Å². The molecule has 2 spiro atoms. The summed E-state index contributed by atoms with van der Waals surface area (Å²) in [4.78, 5) is 13.1. The minimum Gasteiger partial charge on any atom is -0.394 e. The molecular weight excluding hydrogens is 772 g/mol. The molecule has 0 aromatic heterocycles. The average molecular weight is 843 g/mol. The van der Waals surface area contributed by atoms with Crippen LogP contribution in [0.2, 0.25) is 0 Å². The number of carbonyl (C=O) groups is 1. The highest BCUT2D eigenvalue weighted by atomic mass is 16.8. The Bertz CT molecular complexity index is 1590. The van der Waals surface area contributed by atoms with Gasteiger partial charge < -0.3 is 74.4 Å². The van der Waals surface area contributed by atoms with Crippen LogP contribution in [0.1, 0.15) is 99.3 Å². The molecule has 0 radical (unpaired) electrons. The minimum atomic E-state index is -1.83. The van der Waals surface area contributed by atoms with Gasteiger partial charge in [0, 0.05) is 25.9 Å². The SMILES string of the molecule is CO[C@]12C[C@@]3(C)[C@@H]4CC[C@H]5C(C)(C)[C@@H](O[C@@H]6O[C@H](CO)[C@@H](O)[C@H](O)[C@H]6O[C@@H]6O[C@H](CO)[C@@H](O)[C@H](O)[C@H]6O)CC[C@@]56C[C@@]46CC[C@]3(C)[C@H]1[C@H](C)[C@H](CC(=O)C(C)(O)CO)O2. The van der Waals surface area contributed by atoms with Crippen molar-refractivity contribution in [1.82, 2.24) is 0 Å². The van der Waals surface area contributed by atoms with E-state index in [1.165, 1.54) is 6.92 Å². The van der Waals surface area contributed by atoms with Gasteiger partial charge in [-0.25, -0.2) is 0 Å². The number of hydrogen-bond acceptors (Lipinski definition) is 16. The van der Waals surface area contributed by atoms with E-state index in [9.17, 15) is 50.8 Å². The molecule has 0 bridgehead atoms. The maximum absolute atomic E-state index is 13.1. The van der Waals surface area contributed by atoms with Crippen molar-refractivity contribution in [1.29, 1.82) is 0 Å². The van der Waals surface area contributed by atoms with E-state index in [0.29, 0.717) is 18.8 Å². The van der Waals surface area contributed by atoms with Crippen LogP contribution in [-0.2, 0) is 33.2 Å². The lowest BCUT2D eigenvalue weighted by molar-refractivity contribution is -0.377. The second-order valence-electron chi connectivity index (χ2n) is 21.2. The standard InChI is InChI=1S/C43H70O16/c1-20-21(14-26(47)40(6,53)19-46)59-43(54-7)17-39(5)25-9-8-24-37(2,3)27(10-11-41(24)18-42(25,41)13-12-38(39,4)34(20)43)57-36-33(31(51)29(49)23(16-45)56-36)58-35-32(52)30(50)28(48)22(15-44)55-35/h20-25,27-36,44-46,48-53H,8-19H2,1-7H3/t20-,21+,22-,23-,24+,25+,27+,28-,29-,30+,31+,32-,33-,34-,35+,36+,38-,39+,40?,41-,42+,43+/m1/s1. The van der Waals surface area contributed by atoms with Gasteiger partial charge in [-0.05, 0) is 96.7 Å². The number of ketones is 1. The van der Waals surface area contributed by atoms with Crippen LogP contribution in [0.15, 0.2) is 0 Å². The van der Waals surface area contributed by atoms with Gasteiger partial charge in [0.15, 0.2) is 24.2 Å². The van der Waals surface area contributed by atoms with Crippen molar-refractivity contribution >= 4 is 5.78 Å². The molecule has 0 aromatic rings. The highest BCUT2D eigenvalue weighted by molar-refractivity contribution is 5.87. The van der Waals surface area contributed by atoms with E-state index in [-0.39, 0.29) is 57.4 Å². The first-order valence-electron chi connectivity index (χ1n) is 21.9. The molecular formula is C43H70O16. The number of ether oxygens (including phenoxy) is 6. The molecule has 8 aliphatic rings. The first kappa shape index (κ1) is 44.7. The van der Waals surface area contributed by atoms with Crippen molar-refractivity contribution in [3.8, 4) is 0 Å². The predicted molar refractivity (Wildman–Crippen MR) is 205 cm³/mol.